The molecule has 0 aliphatic heterocycles. The van der Waals surface area contributed by atoms with Gasteiger partial charge in [-0.05, 0) is 103 Å². The first-order valence-electron chi connectivity index (χ1n) is 23.8. The highest BCUT2D eigenvalue weighted by Gasteiger charge is 2.19. The summed E-state index contributed by atoms with van der Waals surface area (Å²) in [7, 11) is 0. The fourth-order valence-corrected chi connectivity index (χ4v) is 5.66. The number of ether oxygens (including phenoxy) is 3. The van der Waals surface area contributed by atoms with Gasteiger partial charge in [0.25, 0.3) is 0 Å². The lowest BCUT2D eigenvalue weighted by molar-refractivity contribution is -0.166. The topological polar surface area (TPSA) is 78.9 Å². The van der Waals surface area contributed by atoms with Crippen molar-refractivity contribution in [1.82, 2.24) is 0 Å². The molecule has 0 aromatic carbocycles. The number of hydrogen-bond acceptors (Lipinski definition) is 6. The predicted octanol–water partition coefficient (Wildman–Crippen LogP) is 15.7. The van der Waals surface area contributed by atoms with Crippen molar-refractivity contribution < 1.29 is 28.6 Å². The number of allylic oxidation sites excluding steroid dienone is 23. The van der Waals surface area contributed by atoms with Crippen LogP contribution in [0.2, 0.25) is 0 Å². The molecule has 62 heavy (non-hydrogen) atoms. The summed E-state index contributed by atoms with van der Waals surface area (Å²) in [6.07, 6.45) is 70.2. The zero-order valence-corrected chi connectivity index (χ0v) is 39.1. The van der Waals surface area contributed by atoms with Gasteiger partial charge >= 0.3 is 17.9 Å². The summed E-state index contributed by atoms with van der Waals surface area (Å²) in [6.45, 7) is 6.08. The van der Waals surface area contributed by atoms with E-state index >= 15 is 0 Å². The molecule has 0 spiro atoms. The van der Waals surface area contributed by atoms with Crippen molar-refractivity contribution in [1.29, 1.82) is 0 Å². The number of carbonyl (C=O) groups is 3. The van der Waals surface area contributed by atoms with Crippen LogP contribution < -0.4 is 0 Å². The third kappa shape index (κ3) is 46.4. The number of rotatable bonds is 40. The van der Waals surface area contributed by atoms with Crippen molar-refractivity contribution in [2.75, 3.05) is 13.2 Å². The van der Waals surface area contributed by atoms with E-state index in [1.807, 2.05) is 18.2 Å². The summed E-state index contributed by atoms with van der Waals surface area (Å²) in [4.78, 5) is 37.7. The predicted molar refractivity (Wildman–Crippen MR) is 265 cm³/mol. The summed E-state index contributed by atoms with van der Waals surface area (Å²) in [6, 6.07) is 0. The molecule has 0 bridgehead atoms. The summed E-state index contributed by atoms with van der Waals surface area (Å²) >= 11 is 0. The minimum atomic E-state index is -0.856. The molecule has 1 atom stereocenters. The van der Waals surface area contributed by atoms with E-state index < -0.39 is 12.1 Å². The zero-order chi connectivity index (χ0) is 45.1. The molecule has 0 radical (unpaired) electrons. The van der Waals surface area contributed by atoms with Gasteiger partial charge in [-0.25, -0.2) is 0 Å². The van der Waals surface area contributed by atoms with Crippen LogP contribution in [-0.2, 0) is 28.6 Å². The molecule has 0 aromatic heterocycles. The highest BCUT2D eigenvalue weighted by Crippen LogP contribution is 2.11. The molecule has 0 rings (SSSR count). The molecular weight excluding hydrogens is 769 g/mol. The maximum atomic E-state index is 12.7. The standard InChI is InChI=1S/C56H84O6/c1-4-7-10-13-16-19-21-23-25-27-28-29-31-32-34-37-40-43-46-49-55(58)61-52-53(51-60-54(57)48-45-42-39-36-18-15-12-9-6-3)62-56(59)50-47-44-41-38-35-33-30-26-24-22-20-17-14-11-8-5-2/h7-12,16-20,23-26,28-29,32,34,36,40,42-43,45,53H,4-6,13-15,21-22,27,30-31,33,35,37-39,41,44,46-52H2,1-3H3/b10-7-,11-8-,12-9-,19-16-,20-17-,25-23-,26-24-,29-28-,34-32-,36-18-,43-40-,45-42-. The highest BCUT2D eigenvalue weighted by atomic mass is 16.6. The van der Waals surface area contributed by atoms with Gasteiger partial charge in [0.05, 0.1) is 6.42 Å². The SMILES string of the molecule is CC/C=C\C/C=C\C/C=C\C/C=C\C/C=C\C/C=C\CCC(=O)OCC(COC(=O)C/C=C\C/C=C\C/C=C\CC)OC(=O)CCCCCCCC/C=C\C/C=C\C/C=C\CC. The summed E-state index contributed by atoms with van der Waals surface area (Å²) in [5.74, 6) is -1.19. The van der Waals surface area contributed by atoms with Gasteiger partial charge in [0.2, 0.25) is 0 Å². The van der Waals surface area contributed by atoms with E-state index in [2.05, 4.69) is 142 Å². The van der Waals surface area contributed by atoms with E-state index in [1.165, 1.54) is 12.8 Å². The minimum absolute atomic E-state index is 0.112. The highest BCUT2D eigenvalue weighted by molar-refractivity contribution is 5.72. The third-order valence-electron chi connectivity index (χ3n) is 9.12. The number of unbranched alkanes of at least 4 members (excludes halogenated alkanes) is 6. The Bertz CT molecular complexity index is 1440. The average molecular weight is 853 g/mol. The van der Waals surface area contributed by atoms with Crippen LogP contribution in [0.4, 0.5) is 0 Å². The maximum absolute atomic E-state index is 12.7. The van der Waals surface area contributed by atoms with E-state index in [-0.39, 0.29) is 44.4 Å². The largest absolute Gasteiger partial charge is 0.462 e. The third-order valence-corrected chi connectivity index (χ3v) is 9.12. The van der Waals surface area contributed by atoms with Crippen LogP contribution in [0.3, 0.4) is 0 Å². The molecule has 0 saturated carbocycles. The molecule has 1 unspecified atom stereocenters. The first-order chi connectivity index (χ1) is 30.5. The van der Waals surface area contributed by atoms with Crippen LogP contribution in [-0.4, -0.2) is 37.2 Å². The molecule has 0 heterocycles. The molecule has 0 aliphatic carbocycles. The van der Waals surface area contributed by atoms with Crippen LogP contribution in [0.1, 0.15) is 168 Å². The Kier molecular flexibility index (Phi) is 45.2. The van der Waals surface area contributed by atoms with Gasteiger partial charge in [-0.15, -0.1) is 0 Å². The molecule has 0 amide bonds. The smallest absolute Gasteiger partial charge is 0.309 e. The van der Waals surface area contributed by atoms with Crippen molar-refractivity contribution in [3.63, 3.8) is 0 Å². The van der Waals surface area contributed by atoms with E-state index in [0.29, 0.717) is 6.42 Å². The normalized spacial score (nSPS) is 13.4. The number of carbonyl (C=O) groups excluding carboxylic acids is 3. The van der Waals surface area contributed by atoms with Gasteiger partial charge in [-0.1, -0.05) is 192 Å². The Morgan fingerprint density at radius 3 is 1.11 bits per heavy atom. The lowest BCUT2D eigenvalue weighted by Gasteiger charge is -2.18. The molecule has 6 nitrogen and oxygen atoms in total. The first kappa shape index (κ1) is 57.3. The minimum Gasteiger partial charge on any atom is -0.462 e. The second-order valence-electron chi connectivity index (χ2n) is 14.9. The molecule has 0 N–H and O–H groups in total. The van der Waals surface area contributed by atoms with Crippen LogP contribution in [0.15, 0.2) is 146 Å². The van der Waals surface area contributed by atoms with Crippen LogP contribution in [0, 0.1) is 0 Å². The zero-order valence-electron chi connectivity index (χ0n) is 39.1. The Labute approximate surface area is 378 Å². The van der Waals surface area contributed by atoms with Gasteiger partial charge < -0.3 is 14.2 Å². The fourth-order valence-electron chi connectivity index (χ4n) is 5.66. The quantitative estimate of drug-likeness (QED) is 0.0264. The number of esters is 3. The van der Waals surface area contributed by atoms with Crippen molar-refractivity contribution in [3.8, 4) is 0 Å². The van der Waals surface area contributed by atoms with Crippen LogP contribution in [0.5, 0.6) is 0 Å². The number of hydrogen-bond donors (Lipinski definition) is 0. The Morgan fingerprint density at radius 2 is 0.677 bits per heavy atom. The van der Waals surface area contributed by atoms with Gasteiger partial charge in [-0.3, -0.25) is 14.4 Å². The Morgan fingerprint density at radius 1 is 0.339 bits per heavy atom. The molecule has 0 aliphatic rings. The molecule has 6 heteroatoms. The van der Waals surface area contributed by atoms with Crippen LogP contribution >= 0.6 is 0 Å². The van der Waals surface area contributed by atoms with E-state index in [9.17, 15) is 14.4 Å². The maximum Gasteiger partial charge on any atom is 0.309 e. The summed E-state index contributed by atoms with van der Waals surface area (Å²) in [5.41, 5.74) is 0. The van der Waals surface area contributed by atoms with Gasteiger partial charge in [0.15, 0.2) is 6.10 Å². The second-order valence-corrected chi connectivity index (χ2v) is 14.9. The molecule has 344 valence electrons. The fraction of sp³-hybridized carbons (Fsp3) is 0.518. The van der Waals surface area contributed by atoms with Crippen molar-refractivity contribution in [3.05, 3.63) is 146 Å². The average Bonchev–Trinajstić information content (AvgIpc) is 3.27. The monoisotopic (exact) mass is 853 g/mol. The lowest BCUT2D eigenvalue weighted by Crippen LogP contribution is -2.30. The Balaban J connectivity index is 4.57. The molecule has 0 fully saturated rings. The van der Waals surface area contributed by atoms with E-state index in [4.69, 9.17) is 14.2 Å². The lowest BCUT2D eigenvalue weighted by atomic mass is 10.1. The van der Waals surface area contributed by atoms with Crippen LogP contribution in [0.25, 0.3) is 0 Å². The van der Waals surface area contributed by atoms with Crippen molar-refractivity contribution in [2.24, 2.45) is 0 Å². The van der Waals surface area contributed by atoms with Crippen molar-refractivity contribution >= 4 is 17.9 Å². The first-order valence-corrected chi connectivity index (χ1v) is 23.8. The molecule has 0 saturated heterocycles. The second kappa shape index (κ2) is 49.0. The molecule has 0 aromatic rings. The van der Waals surface area contributed by atoms with Gasteiger partial charge in [0.1, 0.15) is 13.2 Å². The summed E-state index contributed by atoms with van der Waals surface area (Å²) < 4.78 is 16.5. The van der Waals surface area contributed by atoms with Crippen molar-refractivity contribution in [2.45, 2.75) is 175 Å². The van der Waals surface area contributed by atoms with E-state index in [0.717, 1.165) is 109 Å². The van der Waals surface area contributed by atoms with Gasteiger partial charge in [-0.2, -0.15) is 0 Å². The van der Waals surface area contributed by atoms with Gasteiger partial charge in [0, 0.05) is 12.8 Å². The van der Waals surface area contributed by atoms with E-state index in [1.54, 1.807) is 6.08 Å². The summed E-state index contributed by atoms with van der Waals surface area (Å²) in [5, 5.41) is 0. The molecular formula is C56H84O6. The Hall–Kier alpha value is -4.71.